The highest BCUT2D eigenvalue weighted by atomic mass is 15.1. The Labute approximate surface area is 97.4 Å². The zero-order chi connectivity index (χ0) is 11.2. The molecule has 0 amide bonds. The Morgan fingerprint density at radius 3 is 2.88 bits per heavy atom. The first-order valence-electron chi connectivity index (χ1n) is 6.25. The Bertz CT molecular complexity index is 407. The van der Waals surface area contributed by atoms with Crippen LogP contribution >= 0.6 is 0 Å². The number of fused-ring (bicyclic) bond motifs is 1. The third-order valence-electron chi connectivity index (χ3n) is 4.24. The number of nitrogens with zero attached hydrogens (tertiary/aromatic N) is 1. The van der Waals surface area contributed by atoms with Crippen LogP contribution in [0.2, 0.25) is 0 Å². The second kappa shape index (κ2) is 3.49. The van der Waals surface area contributed by atoms with Crippen LogP contribution in [0.3, 0.4) is 0 Å². The van der Waals surface area contributed by atoms with Crippen molar-refractivity contribution in [1.29, 1.82) is 0 Å². The second-order valence-electron chi connectivity index (χ2n) is 5.52. The quantitative estimate of drug-likeness (QED) is 0.837. The maximum Gasteiger partial charge on any atom is 0.0397 e. The molecule has 16 heavy (non-hydrogen) atoms. The van der Waals surface area contributed by atoms with Crippen molar-refractivity contribution in [2.75, 3.05) is 25.0 Å². The summed E-state index contributed by atoms with van der Waals surface area (Å²) in [6, 6.07) is 6.97. The van der Waals surface area contributed by atoms with E-state index >= 15 is 0 Å². The van der Waals surface area contributed by atoms with Crippen molar-refractivity contribution in [3.8, 4) is 0 Å². The van der Waals surface area contributed by atoms with Gasteiger partial charge in [0.05, 0.1) is 0 Å². The molecular formula is C14H20N2. The number of anilines is 1. The third kappa shape index (κ3) is 1.61. The van der Waals surface area contributed by atoms with Crippen LogP contribution in [0.1, 0.15) is 24.0 Å². The largest absolute Gasteiger partial charge is 0.374 e. The summed E-state index contributed by atoms with van der Waals surface area (Å²) in [6.45, 7) is 2.02. The van der Waals surface area contributed by atoms with Crippen LogP contribution in [0.15, 0.2) is 18.2 Å². The molecule has 1 aliphatic carbocycles. The average molecular weight is 216 g/mol. The highest BCUT2D eigenvalue weighted by Crippen LogP contribution is 2.47. The van der Waals surface area contributed by atoms with Gasteiger partial charge in [-0.3, -0.25) is 0 Å². The summed E-state index contributed by atoms with van der Waals surface area (Å²) in [5.74, 6) is 0. The number of rotatable bonds is 3. The molecule has 3 rings (SSSR count). The van der Waals surface area contributed by atoms with E-state index in [0.717, 1.165) is 6.54 Å². The molecule has 1 aromatic rings. The van der Waals surface area contributed by atoms with Gasteiger partial charge in [-0.2, -0.15) is 0 Å². The van der Waals surface area contributed by atoms with Crippen molar-refractivity contribution in [2.24, 2.45) is 11.1 Å². The molecule has 1 aromatic carbocycles. The van der Waals surface area contributed by atoms with Gasteiger partial charge < -0.3 is 10.6 Å². The Morgan fingerprint density at radius 2 is 2.19 bits per heavy atom. The molecule has 0 bridgehead atoms. The van der Waals surface area contributed by atoms with E-state index in [9.17, 15) is 0 Å². The second-order valence-corrected chi connectivity index (χ2v) is 5.52. The first kappa shape index (κ1) is 10.2. The minimum Gasteiger partial charge on any atom is -0.374 e. The monoisotopic (exact) mass is 216 g/mol. The summed E-state index contributed by atoms with van der Waals surface area (Å²) in [7, 11) is 2.17. The fourth-order valence-electron chi connectivity index (χ4n) is 2.79. The molecule has 0 saturated heterocycles. The summed E-state index contributed by atoms with van der Waals surface area (Å²) >= 11 is 0. The van der Waals surface area contributed by atoms with Crippen molar-refractivity contribution in [3.63, 3.8) is 0 Å². The van der Waals surface area contributed by atoms with E-state index in [-0.39, 0.29) is 0 Å². The van der Waals surface area contributed by atoms with E-state index in [2.05, 4.69) is 30.1 Å². The normalized spacial score (nSPS) is 21.0. The van der Waals surface area contributed by atoms with Gasteiger partial charge in [0.25, 0.3) is 0 Å². The Hall–Kier alpha value is -1.02. The van der Waals surface area contributed by atoms with Crippen LogP contribution in [-0.4, -0.2) is 20.1 Å². The van der Waals surface area contributed by atoms with Crippen LogP contribution in [0, 0.1) is 5.41 Å². The molecule has 1 saturated carbocycles. The molecule has 1 fully saturated rings. The standard InChI is InChI=1S/C14H20N2/c1-16-7-4-12-8-11(2-3-13(12)16)9-14(10-15)5-6-14/h2-3,8H,4-7,9-10,15H2,1H3. The Morgan fingerprint density at radius 1 is 1.38 bits per heavy atom. The lowest BCUT2D eigenvalue weighted by molar-refractivity contribution is 0.521. The van der Waals surface area contributed by atoms with Crippen molar-refractivity contribution in [3.05, 3.63) is 29.3 Å². The minimum atomic E-state index is 0.457. The maximum atomic E-state index is 5.84. The van der Waals surface area contributed by atoms with Crippen molar-refractivity contribution in [1.82, 2.24) is 0 Å². The number of hydrogen-bond donors (Lipinski definition) is 1. The number of hydrogen-bond acceptors (Lipinski definition) is 2. The zero-order valence-corrected chi connectivity index (χ0v) is 10.00. The van der Waals surface area contributed by atoms with Gasteiger partial charge in [-0.25, -0.2) is 0 Å². The zero-order valence-electron chi connectivity index (χ0n) is 10.00. The fourth-order valence-corrected chi connectivity index (χ4v) is 2.79. The molecule has 2 aliphatic rings. The highest BCUT2D eigenvalue weighted by molar-refractivity contribution is 5.58. The average Bonchev–Trinajstić information content (AvgIpc) is 2.98. The van der Waals surface area contributed by atoms with Crippen LogP contribution in [0.25, 0.3) is 0 Å². The number of nitrogens with two attached hydrogens (primary N) is 1. The summed E-state index contributed by atoms with van der Waals surface area (Å²) in [5, 5.41) is 0. The minimum absolute atomic E-state index is 0.457. The molecule has 0 radical (unpaired) electrons. The smallest absolute Gasteiger partial charge is 0.0397 e. The van der Waals surface area contributed by atoms with Crippen molar-refractivity contribution >= 4 is 5.69 Å². The van der Waals surface area contributed by atoms with E-state index in [1.54, 1.807) is 0 Å². The lowest BCUT2D eigenvalue weighted by Crippen LogP contribution is -2.18. The molecule has 0 aromatic heterocycles. The van der Waals surface area contributed by atoms with E-state index in [4.69, 9.17) is 5.73 Å². The van der Waals surface area contributed by atoms with Crippen LogP contribution < -0.4 is 10.6 Å². The summed E-state index contributed by atoms with van der Waals surface area (Å²) in [5.41, 5.74) is 10.7. The molecule has 0 spiro atoms. The van der Waals surface area contributed by atoms with Crippen LogP contribution in [-0.2, 0) is 12.8 Å². The van der Waals surface area contributed by atoms with Crippen LogP contribution in [0.5, 0.6) is 0 Å². The Kier molecular flexibility index (Phi) is 2.21. The molecule has 86 valence electrons. The van der Waals surface area contributed by atoms with E-state index in [1.165, 1.54) is 49.0 Å². The van der Waals surface area contributed by atoms with E-state index < -0.39 is 0 Å². The van der Waals surface area contributed by atoms with Gasteiger partial charge in [0.2, 0.25) is 0 Å². The van der Waals surface area contributed by atoms with E-state index in [1.807, 2.05) is 0 Å². The van der Waals surface area contributed by atoms with Crippen molar-refractivity contribution < 1.29 is 0 Å². The summed E-state index contributed by atoms with van der Waals surface area (Å²) < 4.78 is 0. The molecule has 2 heteroatoms. The van der Waals surface area contributed by atoms with E-state index in [0.29, 0.717) is 5.41 Å². The number of benzene rings is 1. The molecule has 1 heterocycles. The SMILES string of the molecule is CN1CCc2cc(CC3(CN)CC3)ccc21. The van der Waals surface area contributed by atoms with Gasteiger partial charge in [0.1, 0.15) is 0 Å². The Balaban J connectivity index is 1.82. The molecule has 1 aliphatic heterocycles. The molecule has 2 N–H and O–H groups in total. The van der Waals surface area contributed by atoms with Gasteiger partial charge in [-0.15, -0.1) is 0 Å². The summed E-state index contributed by atoms with van der Waals surface area (Å²) in [4.78, 5) is 2.34. The molecule has 0 atom stereocenters. The fraction of sp³-hybridized carbons (Fsp3) is 0.571. The summed E-state index contributed by atoms with van der Waals surface area (Å²) in [6.07, 6.45) is 5.02. The first-order chi connectivity index (χ1) is 7.72. The van der Waals surface area contributed by atoms with Gasteiger partial charge in [0, 0.05) is 19.3 Å². The van der Waals surface area contributed by atoms with Gasteiger partial charge in [-0.05, 0) is 54.8 Å². The predicted octanol–water partition coefficient (Wildman–Crippen LogP) is 1.96. The lowest BCUT2D eigenvalue weighted by atomic mass is 9.95. The maximum absolute atomic E-state index is 5.84. The first-order valence-corrected chi connectivity index (χ1v) is 6.25. The third-order valence-corrected chi connectivity index (χ3v) is 4.24. The molecular weight excluding hydrogens is 196 g/mol. The number of likely N-dealkylation sites (N-methyl/N-ethyl adjacent to an activating group) is 1. The van der Waals surface area contributed by atoms with Gasteiger partial charge in [-0.1, -0.05) is 12.1 Å². The molecule has 0 unspecified atom stereocenters. The van der Waals surface area contributed by atoms with Gasteiger partial charge in [0.15, 0.2) is 0 Å². The van der Waals surface area contributed by atoms with Gasteiger partial charge >= 0.3 is 0 Å². The highest BCUT2D eigenvalue weighted by Gasteiger charge is 2.41. The topological polar surface area (TPSA) is 29.3 Å². The lowest BCUT2D eigenvalue weighted by Gasteiger charge is -2.15. The van der Waals surface area contributed by atoms with Crippen LogP contribution in [0.4, 0.5) is 5.69 Å². The van der Waals surface area contributed by atoms with Crippen molar-refractivity contribution in [2.45, 2.75) is 25.7 Å². The molecule has 2 nitrogen and oxygen atoms in total. The predicted molar refractivity (Wildman–Crippen MR) is 67.8 cm³/mol.